The van der Waals surface area contributed by atoms with E-state index >= 15 is 0 Å². The van der Waals surface area contributed by atoms with Gasteiger partial charge in [-0.25, -0.2) is 4.39 Å². The maximum absolute atomic E-state index is 13.3. The van der Waals surface area contributed by atoms with Gasteiger partial charge in [0.15, 0.2) is 0 Å². The molecule has 0 aliphatic carbocycles. The second-order valence-corrected chi connectivity index (χ2v) is 4.69. The Kier molecular flexibility index (Phi) is 3.03. The molecule has 1 unspecified atom stereocenters. The molecule has 0 aliphatic heterocycles. The van der Waals surface area contributed by atoms with E-state index in [4.69, 9.17) is 0 Å². The average Bonchev–Trinajstić information content (AvgIpc) is 2.78. The number of alkyl halides is 1. The summed E-state index contributed by atoms with van der Waals surface area (Å²) in [6.45, 7) is 1.84. The fourth-order valence-corrected chi connectivity index (χ4v) is 2.31. The van der Waals surface area contributed by atoms with E-state index in [0.29, 0.717) is 0 Å². The molecule has 0 aliphatic rings. The zero-order valence-corrected chi connectivity index (χ0v) is 10.8. The third-order valence-corrected chi connectivity index (χ3v) is 3.13. The SMILES string of the molecule is CC(F)Cn1nc(-c2ccccc2)c2ccccc21. The molecule has 3 rings (SSSR count). The molecule has 0 fully saturated rings. The van der Waals surface area contributed by atoms with Gasteiger partial charge in [-0.15, -0.1) is 0 Å². The highest BCUT2D eigenvalue weighted by atomic mass is 19.1. The summed E-state index contributed by atoms with van der Waals surface area (Å²) in [6.07, 6.45) is -0.910. The lowest BCUT2D eigenvalue weighted by molar-refractivity contribution is 0.313. The maximum Gasteiger partial charge on any atom is 0.117 e. The minimum Gasteiger partial charge on any atom is -0.261 e. The number of aromatic nitrogens is 2. The van der Waals surface area contributed by atoms with Gasteiger partial charge in [-0.05, 0) is 13.0 Å². The van der Waals surface area contributed by atoms with Crippen LogP contribution in [0.15, 0.2) is 54.6 Å². The van der Waals surface area contributed by atoms with E-state index in [0.717, 1.165) is 22.2 Å². The van der Waals surface area contributed by atoms with E-state index in [9.17, 15) is 4.39 Å². The van der Waals surface area contributed by atoms with Gasteiger partial charge in [-0.3, -0.25) is 4.68 Å². The van der Waals surface area contributed by atoms with Gasteiger partial charge in [-0.1, -0.05) is 48.5 Å². The standard InChI is InChI=1S/C16H15FN2/c1-12(17)11-19-15-10-6-5-9-14(15)16(18-19)13-7-3-2-4-8-13/h2-10,12H,11H2,1H3. The molecular weight excluding hydrogens is 239 g/mol. The van der Waals surface area contributed by atoms with Crippen molar-refractivity contribution >= 4 is 10.9 Å². The summed E-state index contributed by atoms with van der Waals surface area (Å²) in [5, 5.41) is 5.64. The van der Waals surface area contributed by atoms with E-state index in [2.05, 4.69) is 5.10 Å². The molecule has 96 valence electrons. The highest BCUT2D eigenvalue weighted by molar-refractivity contribution is 5.93. The van der Waals surface area contributed by atoms with Gasteiger partial charge in [0.1, 0.15) is 11.9 Å². The van der Waals surface area contributed by atoms with Crippen molar-refractivity contribution in [3.05, 3.63) is 54.6 Å². The minimum atomic E-state index is -0.910. The van der Waals surface area contributed by atoms with Crippen LogP contribution in [-0.4, -0.2) is 16.0 Å². The van der Waals surface area contributed by atoms with Gasteiger partial charge in [-0.2, -0.15) is 5.10 Å². The fourth-order valence-electron chi connectivity index (χ4n) is 2.31. The Morgan fingerprint density at radius 1 is 1.05 bits per heavy atom. The Morgan fingerprint density at radius 3 is 2.47 bits per heavy atom. The van der Waals surface area contributed by atoms with Gasteiger partial charge in [0, 0.05) is 10.9 Å². The Morgan fingerprint density at radius 2 is 1.74 bits per heavy atom. The lowest BCUT2D eigenvalue weighted by Gasteiger charge is -2.03. The first-order chi connectivity index (χ1) is 9.25. The van der Waals surface area contributed by atoms with Gasteiger partial charge in [0.05, 0.1) is 12.1 Å². The first-order valence-electron chi connectivity index (χ1n) is 6.41. The van der Waals surface area contributed by atoms with Gasteiger partial charge in [0.2, 0.25) is 0 Å². The Hall–Kier alpha value is -2.16. The molecule has 0 spiro atoms. The number of rotatable bonds is 3. The Balaban J connectivity index is 2.20. The number of fused-ring (bicyclic) bond motifs is 1. The molecule has 1 aromatic heterocycles. The minimum absolute atomic E-state index is 0.285. The fraction of sp³-hybridized carbons (Fsp3) is 0.188. The molecule has 0 N–H and O–H groups in total. The molecule has 0 bridgehead atoms. The van der Waals surface area contributed by atoms with E-state index in [1.54, 1.807) is 11.6 Å². The van der Waals surface area contributed by atoms with Crippen LogP contribution < -0.4 is 0 Å². The highest BCUT2D eigenvalue weighted by Gasteiger charge is 2.12. The molecule has 2 aromatic carbocycles. The van der Waals surface area contributed by atoms with Crippen molar-refractivity contribution in [3.8, 4) is 11.3 Å². The topological polar surface area (TPSA) is 17.8 Å². The summed E-state index contributed by atoms with van der Waals surface area (Å²) in [7, 11) is 0. The van der Waals surface area contributed by atoms with E-state index in [1.807, 2.05) is 54.6 Å². The third kappa shape index (κ3) is 2.24. The normalized spacial score (nSPS) is 12.7. The monoisotopic (exact) mass is 254 g/mol. The lowest BCUT2D eigenvalue weighted by atomic mass is 10.1. The molecule has 1 atom stereocenters. The van der Waals surface area contributed by atoms with Crippen LogP contribution in [0.5, 0.6) is 0 Å². The van der Waals surface area contributed by atoms with Crippen LogP contribution >= 0.6 is 0 Å². The zero-order valence-electron chi connectivity index (χ0n) is 10.8. The summed E-state index contributed by atoms with van der Waals surface area (Å²) in [6, 6.07) is 18.0. The van der Waals surface area contributed by atoms with E-state index in [-0.39, 0.29) is 6.54 Å². The second-order valence-electron chi connectivity index (χ2n) is 4.69. The van der Waals surface area contributed by atoms with Crippen molar-refractivity contribution in [2.24, 2.45) is 0 Å². The van der Waals surface area contributed by atoms with Crippen LogP contribution in [0.25, 0.3) is 22.2 Å². The smallest absolute Gasteiger partial charge is 0.117 e. The zero-order chi connectivity index (χ0) is 13.2. The molecule has 0 saturated carbocycles. The molecule has 3 heteroatoms. The van der Waals surface area contributed by atoms with Crippen LogP contribution in [0.4, 0.5) is 4.39 Å². The molecule has 0 amide bonds. The molecule has 3 aromatic rings. The largest absolute Gasteiger partial charge is 0.261 e. The Bertz CT molecular complexity index is 686. The van der Waals surface area contributed by atoms with E-state index in [1.165, 1.54) is 0 Å². The van der Waals surface area contributed by atoms with E-state index < -0.39 is 6.17 Å². The molecule has 2 nitrogen and oxygen atoms in total. The summed E-state index contributed by atoms with van der Waals surface area (Å²) < 4.78 is 15.0. The lowest BCUT2D eigenvalue weighted by Crippen LogP contribution is -2.08. The summed E-state index contributed by atoms with van der Waals surface area (Å²) in [5.74, 6) is 0. The predicted octanol–water partition coefficient (Wildman–Crippen LogP) is 4.06. The van der Waals surface area contributed by atoms with Crippen molar-refractivity contribution < 1.29 is 4.39 Å². The van der Waals surface area contributed by atoms with Crippen LogP contribution in [0, 0.1) is 0 Å². The van der Waals surface area contributed by atoms with Crippen molar-refractivity contribution in [2.45, 2.75) is 19.6 Å². The third-order valence-electron chi connectivity index (χ3n) is 3.13. The first kappa shape index (κ1) is 11.9. The van der Waals surface area contributed by atoms with Crippen LogP contribution in [0.1, 0.15) is 6.92 Å². The second kappa shape index (κ2) is 4.84. The molecule has 0 saturated heterocycles. The molecular formula is C16H15FN2. The Labute approximate surface area is 111 Å². The molecule has 0 radical (unpaired) electrons. The number of nitrogens with zero attached hydrogens (tertiary/aromatic N) is 2. The van der Waals surface area contributed by atoms with Gasteiger partial charge >= 0.3 is 0 Å². The van der Waals surface area contributed by atoms with Crippen molar-refractivity contribution in [2.75, 3.05) is 0 Å². The first-order valence-corrected chi connectivity index (χ1v) is 6.41. The quantitative estimate of drug-likeness (QED) is 0.689. The predicted molar refractivity (Wildman–Crippen MR) is 75.7 cm³/mol. The summed E-state index contributed by atoms with van der Waals surface area (Å²) in [4.78, 5) is 0. The van der Waals surface area contributed by atoms with Crippen molar-refractivity contribution in [1.82, 2.24) is 9.78 Å². The van der Waals surface area contributed by atoms with Gasteiger partial charge in [0.25, 0.3) is 0 Å². The van der Waals surface area contributed by atoms with Crippen molar-refractivity contribution in [1.29, 1.82) is 0 Å². The number of hydrogen-bond donors (Lipinski definition) is 0. The number of hydrogen-bond acceptors (Lipinski definition) is 1. The number of benzene rings is 2. The van der Waals surface area contributed by atoms with Crippen LogP contribution in [0.2, 0.25) is 0 Å². The average molecular weight is 254 g/mol. The number of para-hydroxylation sites is 1. The molecule has 19 heavy (non-hydrogen) atoms. The molecule has 1 heterocycles. The summed E-state index contributed by atoms with van der Waals surface area (Å²) >= 11 is 0. The van der Waals surface area contributed by atoms with Crippen LogP contribution in [-0.2, 0) is 6.54 Å². The maximum atomic E-state index is 13.3. The summed E-state index contributed by atoms with van der Waals surface area (Å²) in [5.41, 5.74) is 2.95. The number of halogens is 1. The van der Waals surface area contributed by atoms with Crippen LogP contribution in [0.3, 0.4) is 0 Å². The van der Waals surface area contributed by atoms with Gasteiger partial charge < -0.3 is 0 Å². The highest BCUT2D eigenvalue weighted by Crippen LogP contribution is 2.27. The van der Waals surface area contributed by atoms with Crippen molar-refractivity contribution in [3.63, 3.8) is 0 Å².